The van der Waals surface area contributed by atoms with Gasteiger partial charge in [0.2, 0.25) is 0 Å². The van der Waals surface area contributed by atoms with Crippen LogP contribution in [0.25, 0.3) is 10.9 Å². The highest BCUT2D eigenvalue weighted by Crippen LogP contribution is 2.13. The molecule has 2 aromatic carbocycles. The highest BCUT2D eigenvalue weighted by Gasteiger charge is 2.16. The summed E-state index contributed by atoms with van der Waals surface area (Å²) in [6.45, 7) is 2.61. The van der Waals surface area contributed by atoms with Gasteiger partial charge in [0.25, 0.3) is 11.5 Å². The van der Waals surface area contributed by atoms with Gasteiger partial charge >= 0.3 is 0 Å². The Hall–Kier alpha value is -2.66. The molecular formula is C18H16ClN3O2. The largest absolute Gasteiger partial charge is 0.331 e. The molecular weight excluding hydrogens is 326 g/mol. The molecule has 5 nitrogen and oxygen atoms in total. The summed E-state index contributed by atoms with van der Waals surface area (Å²) in [6.07, 6.45) is 0. The van der Waals surface area contributed by atoms with Gasteiger partial charge in [0, 0.05) is 17.1 Å². The van der Waals surface area contributed by atoms with Crippen LogP contribution in [-0.2, 0) is 6.54 Å². The molecule has 0 fully saturated rings. The number of rotatable bonds is 4. The second-order valence-corrected chi connectivity index (χ2v) is 5.79. The number of hydrogen-bond acceptors (Lipinski definition) is 3. The first kappa shape index (κ1) is 16.2. The van der Waals surface area contributed by atoms with Gasteiger partial charge in [0.1, 0.15) is 5.82 Å². The number of nitrogens with one attached hydrogen (secondary N) is 1. The van der Waals surface area contributed by atoms with E-state index in [1.807, 2.05) is 13.0 Å². The minimum atomic E-state index is -0.203. The summed E-state index contributed by atoms with van der Waals surface area (Å²) in [5.41, 5.74) is 0.959. The standard InChI is InChI=1S/C18H16ClN3O2/c1-2-22(18(24)12-7-9-13(19)10-8-12)11-16-20-15-6-4-3-5-14(15)17(23)21-16/h3-10H,2,11H2,1H3,(H,20,21,23). The molecule has 0 aliphatic carbocycles. The monoisotopic (exact) mass is 341 g/mol. The van der Waals surface area contributed by atoms with Gasteiger partial charge < -0.3 is 9.88 Å². The molecule has 1 heterocycles. The fraction of sp³-hybridized carbons (Fsp3) is 0.167. The van der Waals surface area contributed by atoms with Crippen LogP contribution in [0.4, 0.5) is 0 Å². The van der Waals surface area contributed by atoms with Gasteiger partial charge in [-0.3, -0.25) is 9.59 Å². The van der Waals surface area contributed by atoms with Crippen molar-refractivity contribution in [3.8, 4) is 0 Å². The van der Waals surface area contributed by atoms with Crippen LogP contribution in [0.1, 0.15) is 23.1 Å². The van der Waals surface area contributed by atoms with Gasteiger partial charge in [-0.15, -0.1) is 0 Å². The summed E-state index contributed by atoms with van der Waals surface area (Å²) in [5.74, 6) is 0.327. The average Bonchev–Trinajstić information content (AvgIpc) is 2.60. The first-order chi connectivity index (χ1) is 11.6. The van der Waals surface area contributed by atoms with E-state index < -0.39 is 0 Å². The van der Waals surface area contributed by atoms with Crippen molar-refractivity contribution in [2.24, 2.45) is 0 Å². The number of aromatic nitrogens is 2. The number of benzene rings is 2. The maximum Gasteiger partial charge on any atom is 0.258 e. The molecule has 0 aliphatic rings. The fourth-order valence-electron chi connectivity index (χ4n) is 2.49. The lowest BCUT2D eigenvalue weighted by Crippen LogP contribution is -2.31. The van der Waals surface area contributed by atoms with Gasteiger partial charge in [0.05, 0.1) is 17.4 Å². The molecule has 122 valence electrons. The lowest BCUT2D eigenvalue weighted by molar-refractivity contribution is 0.0748. The second kappa shape index (κ2) is 6.84. The molecule has 1 amide bonds. The van der Waals surface area contributed by atoms with Crippen molar-refractivity contribution >= 4 is 28.4 Å². The summed E-state index contributed by atoms with van der Waals surface area (Å²) in [7, 11) is 0. The van der Waals surface area contributed by atoms with Crippen molar-refractivity contribution in [3.63, 3.8) is 0 Å². The van der Waals surface area contributed by atoms with E-state index >= 15 is 0 Å². The van der Waals surface area contributed by atoms with Crippen LogP contribution in [0.3, 0.4) is 0 Å². The number of nitrogens with zero attached hydrogens (tertiary/aromatic N) is 2. The van der Waals surface area contributed by atoms with Crippen molar-refractivity contribution < 1.29 is 4.79 Å². The Balaban J connectivity index is 1.89. The zero-order valence-corrected chi connectivity index (χ0v) is 13.9. The predicted molar refractivity (Wildman–Crippen MR) is 94.2 cm³/mol. The first-order valence-corrected chi connectivity index (χ1v) is 7.99. The first-order valence-electron chi connectivity index (χ1n) is 7.61. The van der Waals surface area contributed by atoms with E-state index in [9.17, 15) is 9.59 Å². The SMILES string of the molecule is CCN(Cc1nc2ccccc2c(=O)[nH]1)C(=O)c1ccc(Cl)cc1. The molecule has 0 spiro atoms. The van der Waals surface area contributed by atoms with Crippen LogP contribution in [0, 0.1) is 0 Å². The highest BCUT2D eigenvalue weighted by molar-refractivity contribution is 6.30. The van der Waals surface area contributed by atoms with Gasteiger partial charge in [0.15, 0.2) is 0 Å². The zero-order chi connectivity index (χ0) is 17.1. The molecule has 3 rings (SSSR count). The van der Waals surface area contributed by atoms with Crippen molar-refractivity contribution in [3.05, 3.63) is 75.3 Å². The van der Waals surface area contributed by atoms with E-state index in [2.05, 4.69) is 9.97 Å². The molecule has 1 N–H and O–H groups in total. The maximum absolute atomic E-state index is 12.6. The Kier molecular flexibility index (Phi) is 4.62. The second-order valence-electron chi connectivity index (χ2n) is 5.36. The van der Waals surface area contributed by atoms with Crippen molar-refractivity contribution in [2.45, 2.75) is 13.5 Å². The molecule has 0 saturated heterocycles. The minimum absolute atomic E-state index is 0.134. The number of carbonyl (C=O) groups excluding carboxylic acids is 1. The Morgan fingerprint density at radius 3 is 2.58 bits per heavy atom. The van der Waals surface area contributed by atoms with E-state index in [4.69, 9.17) is 11.6 Å². The number of carbonyl (C=O) groups is 1. The third kappa shape index (κ3) is 3.31. The van der Waals surface area contributed by atoms with Crippen LogP contribution < -0.4 is 5.56 Å². The Bertz CT molecular complexity index is 935. The van der Waals surface area contributed by atoms with Gasteiger partial charge in [-0.1, -0.05) is 23.7 Å². The van der Waals surface area contributed by atoms with E-state index in [1.165, 1.54) is 0 Å². The molecule has 3 aromatic rings. The Morgan fingerprint density at radius 2 is 1.88 bits per heavy atom. The number of fused-ring (bicyclic) bond motifs is 1. The van der Waals surface area contributed by atoms with Crippen molar-refractivity contribution in [1.29, 1.82) is 0 Å². The molecule has 6 heteroatoms. The maximum atomic E-state index is 12.6. The van der Waals surface area contributed by atoms with Crippen molar-refractivity contribution in [1.82, 2.24) is 14.9 Å². The van der Waals surface area contributed by atoms with E-state index in [-0.39, 0.29) is 18.0 Å². The zero-order valence-electron chi connectivity index (χ0n) is 13.1. The number of H-pyrrole nitrogens is 1. The van der Waals surface area contributed by atoms with E-state index in [0.717, 1.165) is 0 Å². The van der Waals surface area contributed by atoms with E-state index in [0.29, 0.717) is 33.9 Å². The quantitative estimate of drug-likeness (QED) is 0.792. The Labute approximate surface area is 143 Å². The number of amides is 1. The molecule has 24 heavy (non-hydrogen) atoms. The topological polar surface area (TPSA) is 66.1 Å². The molecule has 0 saturated carbocycles. The third-order valence-corrected chi connectivity index (χ3v) is 4.01. The Morgan fingerprint density at radius 1 is 1.17 bits per heavy atom. The summed E-state index contributed by atoms with van der Waals surface area (Å²) in [4.78, 5) is 33.5. The van der Waals surface area contributed by atoms with Gasteiger partial charge in [-0.25, -0.2) is 4.98 Å². The minimum Gasteiger partial charge on any atom is -0.331 e. The summed E-state index contributed by atoms with van der Waals surface area (Å²) < 4.78 is 0. The van der Waals surface area contributed by atoms with Gasteiger partial charge in [-0.2, -0.15) is 0 Å². The molecule has 0 atom stereocenters. The molecule has 0 radical (unpaired) electrons. The lowest BCUT2D eigenvalue weighted by Gasteiger charge is -2.20. The van der Waals surface area contributed by atoms with Crippen LogP contribution in [0.5, 0.6) is 0 Å². The predicted octanol–water partition coefficient (Wildman–Crippen LogP) is 3.24. The van der Waals surface area contributed by atoms with Crippen molar-refractivity contribution in [2.75, 3.05) is 6.54 Å². The summed E-state index contributed by atoms with van der Waals surface area (Å²) in [5, 5.41) is 1.11. The lowest BCUT2D eigenvalue weighted by atomic mass is 10.2. The van der Waals surface area contributed by atoms with E-state index in [1.54, 1.807) is 47.4 Å². The number of aromatic amines is 1. The summed E-state index contributed by atoms with van der Waals surface area (Å²) in [6, 6.07) is 13.9. The molecule has 0 unspecified atom stereocenters. The van der Waals surface area contributed by atoms with Crippen LogP contribution >= 0.6 is 11.6 Å². The highest BCUT2D eigenvalue weighted by atomic mass is 35.5. The molecule has 0 aliphatic heterocycles. The summed E-state index contributed by atoms with van der Waals surface area (Å²) >= 11 is 5.86. The van der Waals surface area contributed by atoms with Crippen LogP contribution in [-0.4, -0.2) is 27.3 Å². The number of hydrogen-bond donors (Lipinski definition) is 1. The molecule has 0 bridgehead atoms. The number of para-hydroxylation sites is 1. The third-order valence-electron chi connectivity index (χ3n) is 3.76. The van der Waals surface area contributed by atoms with Crippen LogP contribution in [0.15, 0.2) is 53.3 Å². The normalized spacial score (nSPS) is 10.8. The molecule has 1 aromatic heterocycles. The smallest absolute Gasteiger partial charge is 0.258 e. The number of halogens is 1. The fourth-order valence-corrected chi connectivity index (χ4v) is 2.62. The van der Waals surface area contributed by atoms with Gasteiger partial charge in [-0.05, 0) is 43.3 Å². The average molecular weight is 342 g/mol. The van der Waals surface area contributed by atoms with Crippen LogP contribution in [0.2, 0.25) is 5.02 Å².